The van der Waals surface area contributed by atoms with Crippen molar-refractivity contribution in [1.82, 2.24) is 10.2 Å². The van der Waals surface area contributed by atoms with Crippen LogP contribution >= 0.6 is 12.4 Å². The molecule has 0 radical (unpaired) electrons. The number of halogens is 1. The number of ether oxygens (including phenoxy) is 1. The number of rotatable bonds is 7. The second kappa shape index (κ2) is 10.5. The Morgan fingerprint density at radius 1 is 1.43 bits per heavy atom. The molecule has 1 heterocycles. The molecule has 1 aromatic rings. The third-order valence-corrected chi connectivity index (χ3v) is 3.99. The zero-order valence-corrected chi connectivity index (χ0v) is 14.6. The lowest BCUT2D eigenvalue weighted by Gasteiger charge is -2.32. The fraction of sp³-hybridized carbons (Fsp3) is 0.588. The number of nitrogens with two attached hydrogens (primary N) is 1. The highest BCUT2D eigenvalue weighted by atomic mass is 35.5. The molecular weight excluding hydrogens is 314 g/mol. The van der Waals surface area contributed by atoms with Crippen LogP contribution in [0.15, 0.2) is 24.3 Å². The largest absolute Gasteiger partial charge is 0.494 e. The van der Waals surface area contributed by atoms with Crippen LogP contribution in [0.2, 0.25) is 0 Å². The molecule has 6 heteroatoms. The number of amides is 1. The summed E-state index contributed by atoms with van der Waals surface area (Å²) in [5.41, 5.74) is 6.63. The number of carbonyl (C=O) groups is 1. The predicted molar refractivity (Wildman–Crippen MR) is 94.9 cm³/mol. The van der Waals surface area contributed by atoms with Crippen LogP contribution in [0, 0.1) is 5.92 Å². The summed E-state index contributed by atoms with van der Waals surface area (Å²) in [7, 11) is 0. The van der Waals surface area contributed by atoms with Gasteiger partial charge in [-0.3, -0.25) is 9.69 Å². The Morgan fingerprint density at radius 2 is 2.22 bits per heavy atom. The van der Waals surface area contributed by atoms with Gasteiger partial charge in [-0.25, -0.2) is 0 Å². The number of benzene rings is 1. The summed E-state index contributed by atoms with van der Waals surface area (Å²) in [5.74, 6) is 1.15. The first-order valence-corrected chi connectivity index (χ1v) is 8.15. The number of hydrogen-bond donors (Lipinski definition) is 2. The van der Waals surface area contributed by atoms with Gasteiger partial charge < -0.3 is 15.8 Å². The number of hydrogen-bond acceptors (Lipinski definition) is 4. The normalized spacial score (nSPS) is 18.1. The van der Waals surface area contributed by atoms with Gasteiger partial charge in [0.15, 0.2) is 0 Å². The average Bonchev–Trinajstić information content (AvgIpc) is 2.55. The molecule has 0 aromatic heterocycles. The average molecular weight is 342 g/mol. The molecule has 0 spiro atoms. The number of para-hydroxylation sites is 1. The van der Waals surface area contributed by atoms with E-state index in [-0.39, 0.29) is 24.2 Å². The van der Waals surface area contributed by atoms with E-state index < -0.39 is 0 Å². The molecule has 1 saturated heterocycles. The molecule has 0 aliphatic carbocycles. The third kappa shape index (κ3) is 6.01. The van der Waals surface area contributed by atoms with Crippen molar-refractivity contribution < 1.29 is 9.53 Å². The Hall–Kier alpha value is -1.30. The minimum Gasteiger partial charge on any atom is -0.494 e. The molecule has 23 heavy (non-hydrogen) atoms. The zero-order chi connectivity index (χ0) is 15.8. The molecule has 1 aliphatic heterocycles. The lowest BCUT2D eigenvalue weighted by Crippen LogP contribution is -2.43. The maximum Gasteiger partial charge on any atom is 0.224 e. The molecule has 1 unspecified atom stereocenters. The van der Waals surface area contributed by atoms with Crippen LogP contribution in [0.25, 0.3) is 0 Å². The summed E-state index contributed by atoms with van der Waals surface area (Å²) in [6.07, 6.45) is 2.01. The number of piperidine rings is 1. The second-order valence-electron chi connectivity index (χ2n) is 5.69. The molecule has 1 atom stereocenters. The highest BCUT2D eigenvalue weighted by Gasteiger charge is 2.25. The minimum absolute atomic E-state index is 0. The first-order valence-electron chi connectivity index (χ1n) is 8.15. The Labute approximate surface area is 145 Å². The van der Waals surface area contributed by atoms with Gasteiger partial charge in [-0.1, -0.05) is 18.2 Å². The highest BCUT2D eigenvalue weighted by Crippen LogP contribution is 2.23. The standard InChI is InChI=1S/C17H27N3O2.ClH/c1-2-22-16-8-4-3-6-14(16)12-20-11-5-7-15(13-20)17(21)19-10-9-18;/h3-4,6,8,15H,2,5,7,9-13,18H2,1H3,(H,19,21);1H. The van der Waals surface area contributed by atoms with Crippen LogP contribution < -0.4 is 15.8 Å². The van der Waals surface area contributed by atoms with Gasteiger partial charge in [0.1, 0.15) is 5.75 Å². The summed E-state index contributed by atoms with van der Waals surface area (Å²) in [6, 6.07) is 8.14. The fourth-order valence-electron chi connectivity index (χ4n) is 2.92. The van der Waals surface area contributed by atoms with Gasteiger partial charge >= 0.3 is 0 Å². The molecule has 0 bridgehead atoms. The van der Waals surface area contributed by atoms with Gasteiger partial charge in [-0.15, -0.1) is 12.4 Å². The molecule has 5 nitrogen and oxygen atoms in total. The molecule has 130 valence electrons. The van der Waals surface area contributed by atoms with Crippen molar-refractivity contribution in [2.45, 2.75) is 26.3 Å². The SMILES string of the molecule is CCOc1ccccc1CN1CCCC(C(=O)NCCN)C1.Cl. The van der Waals surface area contributed by atoms with Crippen molar-refractivity contribution in [2.75, 3.05) is 32.8 Å². The van der Waals surface area contributed by atoms with Crippen LogP contribution in [-0.4, -0.2) is 43.6 Å². The van der Waals surface area contributed by atoms with E-state index in [1.807, 2.05) is 25.1 Å². The maximum absolute atomic E-state index is 12.1. The van der Waals surface area contributed by atoms with E-state index in [4.69, 9.17) is 10.5 Å². The Kier molecular flexibility index (Phi) is 8.99. The maximum atomic E-state index is 12.1. The molecule has 1 fully saturated rings. The Balaban J connectivity index is 0.00000264. The van der Waals surface area contributed by atoms with Crippen molar-refractivity contribution in [3.05, 3.63) is 29.8 Å². The van der Waals surface area contributed by atoms with E-state index in [0.29, 0.717) is 19.7 Å². The summed E-state index contributed by atoms with van der Waals surface area (Å²) in [4.78, 5) is 14.4. The number of carbonyl (C=O) groups excluding carboxylic acids is 1. The minimum atomic E-state index is 0. The van der Waals surface area contributed by atoms with Crippen LogP contribution in [0.1, 0.15) is 25.3 Å². The van der Waals surface area contributed by atoms with Crippen molar-refractivity contribution in [1.29, 1.82) is 0 Å². The smallest absolute Gasteiger partial charge is 0.224 e. The summed E-state index contributed by atoms with van der Waals surface area (Å²) in [6.45, 7) is 6.37. The molecule has 1 aliphatic rings. The molecule has 2 rings (SSSR count). The van der Waals surface area contributed by atoms with Crippen LogP contribution in [0.5, 0.6) is 5.75 Å². The Bertz CT molecular complexity index is 485. The lowest BCUT2D eigenvalue weighted by atomic mass is 9.96. The van der Waals surface area contributed by atoms with E-state index >= 15 is 0 Å². The summed E-state index contributed by atoms with van der Waals surface area (Å²) >= 11 is 0. The Morgan fingerprint density at radius 3 is 2.96 bits per heavy atom. The van der Waals surface area contributed by atoms with E-state index in [1.54, 1.807) is 0 Å². The van der Waals surface area contributed by atoms with E-state index in [1.165, 1.54) is 5.56 Å². The fourth-order valence-corrected chi connectivity index (χ4v) is 2.92. The van der Waals surface area contributed by atoms with E-state index in [2.05, 4.69) is 16.3 Å². The van der Waals surface area contributed by atoms with Crippen molar-refractivity contribution >= 4 is 18.3 Å². The van der Waals surface area contributed by atoms with Gasteiger partial charge in [0.2, 0.25) is 5.91 Å². The van der Waals surface area contributed by atoms with E-state index in [0.717, 1.165) is 38.2 Å². The van der Waals surface area contributed by atoms with Crippen molar-refractivity contribution in [3.8, 4) is 5.75 Å². The van der Waals surface area contributed by atoms with Crippen molar-refractivity contribution in [3.63, 3.8) is 0 Å². The predicted octanol–water partition coefficient (Wildman–Crippen LogP) is 1.79. The van der Waals surface area contributed by atoms with Crippen LogP contribution in [0.3, 0.4) is 0 Å². The quantitative estimate of drug-likeness (QED) is 0.793. The summed E-state index contributed by atoms with van der Waals surface area (Å²) < 4.78 is 5.69. The zero-order valence-electron chi connectivity index (χ0n) is 13.8. The molecule has 1 aromatic carbocycles. The third-order valence-electron chi connectivity index (χ3n) is 3.99. The number of nitrogens with zero attached hydrogens (tertiary/aromatic N) is 1. The topological polar surface area (TPSA) is 67.6 Å². The van der Waals surface area contributed by atoms with Gasteiger partial charge in [0.05, 0.1) is 12.5 Å². The number of nitrogens with one attached hydrogen (secondary N) is 1. The van der Waals surface area contributed by atoms with Crippen LogP contribution in [-0.2, 0) is 11.3 Å². The number of likely N-dealkylation sites (tertiary alicyclic amines) is 1. The first kappa shape index (κ1) is 19.7. The first-order chi connectivity index (χ1) is 10.7. The molecule has 0 saturated carbocycles. The van der Waals surface area contributed by atoms with Gasteiger partial charge in [0, 0.05) is 31.7 Å². The van der Waals surface area contributed by atoms with E-state index in [9.17, 15) is 4.79 Å². The van der Waals surface area contributed by atoms with Crippen molar-refractivity contribution in [2.24, 2.45) is 11.7 Å². The second-order valence-corrected chi connectivity index (χ2v) is 5.69. The monoisotopic (exact) mass is 341 g/mol. The molecule has 3 N–H and O–H groups in total. The lowest BCUT2D eigenvalue weighted by molar-refractivity contribution is -0.126. The van der Waals surface area contributed by atoms with Gasteiger partial charge in [-0.2, -0.15) is 0 Å². The molecular formula is C17H28ClN3O2. The van der Waals surface area contributed by atoms with Gasteiger partial charge in [-0.05, 0) is 32.4 Å². The molecule has 1 amide bonds. The highest BCUT2D eigenvalue weighted by molar-refractivity contribution is 5.85. The summed E-state index contributed by atoms with van der Waals surface area (Å²) in [5, 5.41) is 2.90. The van der Waals surface area contributed by atoms with Gasteiger partial charge in [0.25, 0.3) is 0 Å². The van der Waals surface area contributed by atoms with Crippen LogP contribution in [0.4, 0.5) is 0 Å².